The molecule has 1 aromatic heterocycles. The van der Waals surface area contributed by atoms with Gasteiger partial charge in [-0.1, -0.05) is 29.8 Å². The summed E-state index contributed by atoms with van der Waals surface area (Å²) >= 11 is 7.63. The molecule has 4 aromatic rings. The Morgan fingerprint density at radius 3 is 2.41 bits per heavy atom. The van der Waals surface area contributed by atoms with Crippen molar-refractivity contribution in [2.24, 2.45) is 5.10 Å². The van der Waals surface area contributed by atoms with Crippen molar-refractivity contribution in [3.05, 3.63) is 87.8 Å². The zero-order valence-electron chi connectivity index (χ0n) is 18.2. The average molecular weight is 495 g/mol. The molecule has 0 aliphatic carbocycles. The molecule has 0 fully saturated rings. The first-order valence-electron chi connectivity index (χ1n) is 10.0. The number of nitrogens with one attached hydrogen (secondary N) is 1. The van der Waals surface area contributed by atoms with Crippen LogP contribution in [-0.4, -0.2) is 32.3 Å². The van der Waals surface area contributed by atoms with Crippen LogP contribution in [0, 0.1) is 0 Å². The van der Waals surface area contributed by atoms with Crippen LogP contribution in [0.1, 0.15) is 25.6 Å². The summed E-state index contributed by atoms with van der Waals surface area (Å²) in [6, 6.07) is 19.0. The number of methoxy groups -OCH3 is 2. The standard InChI is InChI=1S/C25H19ClN2O5S/c1-31-19-12-9-16(13-20(19)32-2)24(29)28-27-14-15-7-10-17(11-8-15)33-25(30)23-22(26)18-5-3-4-6-21(18)34-23/h3-14H,1-2H3,(H,28,29)/b27-14+. The normalized spacial score (nSPS) is 10.9. The molecule has 0 atom stereocenters. The molecule has 1 N–H and O–H groups in total. The maximum Gasteiger partial charge on any atom is 0.355 e. The van der Waals surface area contributed by atoms with E-state index < -0.39 is 11.9 Å². The Balaban J connectivity index is 1.37. The number of hydrazone groups is 1. The van der Waals surface area contributed by atoms with E-state index in [1.807, 2.05) is 24.3 Å². The predicted octanol–water partition coefficient (Wildman–Crippen LogP) is 5.56. The van der Waals surface area contributed by atoms with Gasteiger partial charge in [0.1, 0.15) is 10.6 Å². The van der Waals surface area contributed by atoms with Gasteiger partial charge in [0.05, 0.1) is 25.5 Å². The molecule has 0 radical (unpaired) electrons. The first-order valence-corrected chi connectivity index (χ1v) is 11.2. The zero-order valence-corrected chi connectivity index (χ0v) is 19.8. The number of carbonyl (C=O) groups is 2. The molecule has 0 aliphatic rings. The smallest absolute Gasteiger partial charge is 0.355 e. The minimum Gasteiger partial charge on any atom is -0.493 e. The molecule has 9 heteroatoms. The van der Waals surface area contributed by atoms with Crippen molar-refractivity contribution >= 4 is 51.1 Å². The van der Waals surface area contributed by atoms with E-state index in [9.17, 15) is 9.59 Å². The second-order valence-electron chi connectivity index (χ2n) is 6.97. The fourth-order valence-corrected chi connectivity index (χ4v) is 4.51. The van der Waals surface area contributed by atoms with Crippen LogP contribution in [0.15, 0.2) is 71.8 Å². The summed E-state index contributed by atoms with van der Waals surface area (Å²) in [6.07, 6.45) is 1.48. The van der Waals surface area contributed by atoms with Gasteiger partial charge in [-0.2, -0.15) is 5.10 Å². The average Bonchev–Trinajstić information content (AvgIpc) is 3.21. The van der Waals surface area contributed by atoms with E-state index in [0.29, 0.717) is 38.3 Å². The number of esters is 1. The summed E-state index contributed by atoms with van der Waals surface area (Å²) in [5, 5.41) is 5.18. The van der Waals surface area contributed by atoms with E-state index in [4.69, 9.17) is 25.8 Å². The quantitative estimate of drug-likeness (QED) is 0.157. The molecule has 172 valence electrons. The first kappa shape index (κ1) is 23.3. The Hall–Kier alpha value is -3.88. The Kier molecular flexibility index (Phi) is 7.10. The van der Waals surface area contributed by atoms with Crippen LogP contribution < -0.4 is 19.6 Å². The second-order valence-corrected chi connectivity index (χ2v) is 8.40. The fraction of sp³-hybridized carbons (Fsp3) is 0.0800. The number of thiophene rings is 1. The summed E-state index contributed by atoms with van der Waals surface area (Å²) in [7, 11) is 3.02. The zero-order chi connectivity index (χ0) is 24.1. The van der Waals surface area contributed by atoms with Gasteiger partial charge in [0.2, 0.25) is 0 Å². The largest absolute Gasteiger partial charge is 0.493 e. The van der Waals surface area contributed by atoms with E-state index in [-0.39, 0.29) is 0 Å². The molecule has 1 amide bonds. The second kappa shape index (κ2) is 10.4. The third kappa shape index (κ3) is 5.03. The van der Waals surface area contributed by atoms with Crippen LogP contribution in [0.5, 0.6) is 17.2 Å². The number of hydrogen-bond acceptors (Lipinski definition) is 7. The van der Waals surface area contributed by atoms with Gasteiger partial charge in [-0.3, -0.25) is 4.79 Å². The highest BCUT2D eigenvalue weighted by Gasteiger charge is 2.19. The molecule has 0 spiro atoms. The number of halogens is 1. The van der Waals surface area contributed by atoms with Crippen molar-refractivity contribution in [3.8, 4) is 17.2 Å². The van der Waals surface area contributed by atoms with Crippen LogP contribution in [-0.2, 0) is 0 Å². The maximum absolute atomic E-state index is 12.6. The van der Waals surface area contributed by atoms with Gasteiger partial charge in [0.25, 0.3) is 5.91 Å². The molecule has 0 aliphatic heterocycles. The van der Waals surface area contributed by atoms with Gasteiger partial charge in [0.15, 0.2) is 11.5 Å². The van der Waals surface area contributed by atoms with Crippen LogP contribution in [0.4, 0.5) is 0 Å². The summed E-state index contributed by atoms with van der Waals surface area (Å²) in [6.45, 7) is 0. The van der Waals surface area contributed by atoms with Crippen molar-refractivity contribution in [1.82, 2.24) is 5.43 Å². The molecular formula is C25H19ClN2O5S. The third-order valence-corrected chi connectivity index (χ3v) is 6.49. The Bertz CT molecular complexity index is 1380. The molecule has 0 bridgehead atoms. The lowest BCUT2D eigenvalue weighted by molar-refractivity contribution is 0.0739. The number of nitrogens with zero attached hydrogens (tertiary/aromatic N) is 1. The monoisotopic (exact) mass is 494 g/mol. The highest BCUT2D eigenvalue weighted by Crippen LogP contribution is 2.35. The highest BCUT2D eigenvalue weighted by atomic mass is 35.5. The lowest BCUT2D eigenvalue weighted by atomic mass is 10.2. The van der Waals surface area contributed by atoms with Crippen molar-refractivity contribution < 1.29 is 23.8 Å². The van der Waals surface area contributed by atoms with Gasteiger partial charge >= 0.3 is 5.97 Å². The summed E-state index contributed by atoms with van der Waals surface area (Å²) in [4.78, 5) is 25.2. The SMILES string of the molecule is COc1ccc(C(=O)N/N=C/c2ccc(OC(=O)c3sc4ccccc4c3Cl)cc2)cc1OC. The lowest BCUT2D eigenvalue weighted by Crippen LogP contribution is -2.17. The van der Waals surface area contributed by atoms with E-state index in [1.165, 1.54) is 31.8 Å². The topological polar surface area (TPSA) is 86.2 Å². The van der Waals surface area contributed by atoms with Crippen LogP contribution >= 0.6 is 22.9 Å². The Morgan fingerprint density at radius 1 is 0.971 bits per heavy atom. The third-order valence-electron chi connectivity index (χ3n) is 4.84. The minimum atomic E-state index is -0.519. The molecule has 7 nitrogen and oxygen atoms in total. The molecule has 34 heavy (non-hydrogen) atoms. The van der Waals surface area contributed by atoms with Gasteiger partial charge in [0, 0.05) is 15.6 Å². The van der Waals surface area contributed by atoms with Gasteiger partial charge in [-0.05, 0) is 54.1 Å². The van der Waals surface area contributed by atoms with Crippen molar-refractivity contribution in [1.29, 1.82) is 0 Å². The van der Waals surface area contributed by atoms with Crippen LogP contribution in [0.2, 0.25) is 5.02 Å². The maximum atomic E-state index is 12.6. The van der Waals surface area contributed by atoms with E-state index in [2.05, 4.69) is 10.5 Å². The number of rotatable bonds is 7. The molecule has 0 saturated carbocycles. The molecule has 1 heterocycles. The fourth-order valence-electron chi connectivity index (χ4n) is 3.13. The van der Waals surface area contributed by atoms with Crippen LogP contribution in [0.25, 0.3) is 10.1 Å². The number of amides is 1. The minimum absolute atomic E-state index is 0.353. The Morgan fingerprint density at radius 2 is 1.71 bits per heavy atom. The van der Waals surface area contributed by atoms with E-state index in [0.717, 1.165) is 10.1 Å². The lowest BCUT2D eigenvalue weighted by Gasteiger charge is -2.08. The van der Waals surface area contributed by atoms with Gasteiger partial charge in [-0.25, -0.2) is 10.2 Å². The highest BCUT2D eigenvalue weighted by molar-refractivity contribution is 7.21. The van der Waals surface area contributed by atoms with Crippen molar-refractivity contribution in [2.45, 2.75) is 0 Å². The van der Waals surface area contributed by atoms with E-state index in [1.54, 1.807) is 42.5 Å². The number of fused-ring (bicyclic) bond motifs is 1. The molecule has 0 unspecified atom stereocenters. The van der Waals surface area contributed by atoms with Crippen molar-refractivity contribution in [2.75, 3.05) is 14.2 Å². The number of ether oxygens (including phenoxy) is 3. The molecule has 4 rings (SSSR count). The summed E-state index contributed by atoms with van der Waals surface area (Å²) < 4.78 is 16.7. The van der Waals surface area contributed by atoms with Crippen molar-refractivity contribution in [3.63, 3.8) is 0 Å². The Labute approximate surface area is 204 Å². The number of hydrogen-bond donors (Lipinski definition) is 1. The van der Waals surface area contributed by atoms with Crippen LogP contribution in [0.3, 0.4) is 0 Å². The predicted molar refractivity (Wildman–Crippen MR) is 133 cm³/mol. The number of benzene rings is 3. The van der Waals surface area contributed by atoms with Gasteiger partial charge < -0.3 is 14.2 Å². The van der Waals surface area contributed by atoms with Gasteiger partial charge in [-0.15, -0.1) is 11.3 Å². The molecule has 0 saturated heterocycles. The number of carbonyl (C=O) groups excluding carboxylic acids is 2. The first-order chi connectivity index (χ1) is 16.5. The molecular weight excluding hydrogens is 476 g/mol. The molecule has 3 aromatic carbocycles. The summed E-state index contributed by atoms with van der Waals surface area (Å²) in [5.74, 6) is 0.418. The van der Waals surface area contributed by atoms with E-state index >= 15 is 0 Å². The summed E-state index contributed by atoms with van der Waals surface area (Å²) in [5.41, 5.74) is 3.53.